The van der Waals surface area contributed by atoms with Gasteiger partial charge in [-0.15, -0.1) is 0 Å². The Kier molecular flexibility index (Phi) is 8.93. The Morgan fingerprint density at radius 1 is 1.09 bits per heavy atom. The van der Waals surface area contributed by atoms with Crippen LogP contribution in [-0.2, 0) is 4.43 Å². The van der Waals surface area contributed by atoms with Gasteiger partial charge in [0.1, 0.15) is 0 Å². The highest BCUT2D eigenvalue weighted by atomic mass is 28.4. The molecule has 2 heteroatoms. The van der Waals surface area contributed by atoms with Gasteiger partial charge in [-0.3, -0.25) is 0 Å². The van der Waals surface area contributed by atoms with Gasteiger partial charge in [0.05, 0.1) is 0 Å². The summed E-state index contributed by atoms with van der Waals surface area (Å²) in [6.07, 6.45) is 6.92. The highest BCUT2D eigenvalue weighted by molar-refractivity contribution is 6.74. The number of hydrogen-bond donors (Lipinski definition) is 0. The average Bonchev–Trinajstić information content (AvgIpc) is 2.34. The molecule has 0 rings (SSSR count). The van der Waals surface area contributed by atoms with Crippen molar-refractivity contribution in [1.29, 1.82) is 0 Å². The molecule has 0 aliphatic rings. The van der Waals surface area contributed by atoms with Gasteiger partial charge in [-0.1, -0.05) is 57.9 Å². The van der Waals surface area contributed by atoms with Gasteiger partial charge in [-0.25, -0.2) is 0 Å². The average molecular weight is 325 g/mol. The third kappa shape index (κ3) is 8.33. The summed E-state index contributed by atoms with van der Waals surface area (Å²) >= 11 is 0. The van der Waals surface area contributed by atoms with Crippen LogP contribution in [0.25, 0.3) is 0 Å². The van der Waals surface area contributed by atoms with E-state index < -0.39 is 8.32 Å². The van der Waals surface area contributed by atoms with Crippen molar-refractivity contribution in [2.75, 3.05) is 6.61 Å². The lowest BCUT2D eigenvalue weighted by molar-refractivity contribution is 0.217. The van der Waals surface area contributed by atoms with Crippen molar-refractivity contribution in [3.8, 4) is 0 Å². The van der Waals surface area contributed by atoms with Crippen molar-refractivity contribution < 1.29 is 4.43 Å². The van der Waals surface area contributed by atoms with E-state index in [2.05, 4.69) is 80.6 Å². The Morgan fingerprint density at radius 2 is 1.64 bits per heavy atom. The second-order valence-electron chi connectivity index (χ2n) is 8.74. The zero-order chi connectivity index (χ0) is 17.6. The maximum atomic E-state index is 6.36. The third-order valence-electron chi connectivity index (χ3n) is 4.94. The Labute approximate surface area is 141 Å². The van der Waals surface area contributed by atoms with Crippen molar-refractivity contribution in [3.63, 3.8) is 0 Å². The normalized spacial score (nSPS) is 17.5. The molecule has 0 spiro atoms. The topological polar surface area (TPSA) is 9.23 Å². The summed E-state index contributed by atoms with van der Waals surface area (Å²) in [5.41, 5.74) is 2.85. The Balaban J connectivity index is 4.33. The van der Waals surface area contributed by atoms with Crippen LogP contribution in [0.1, 0.15) is 68.2 Å². The van der Waals surface area contributed by atoms with E-state index in [1.807, 2.05) is 0 Å². The molecule has 0 heterocycles. The lowest BCUT2D eigenvalue weighted by atomic mass is 9.92. The lowest BCUT2D eigenvalue weighted by Crippen LogP contribution is -2.41. The van der Waals surface area contributed by atoms with Crippen LogP contribution in [0.4, 0.5) is 0 Å². The van der Waals surface area contributed by atoms with E-state index in [-0.39, 0.29) is 0 Å². The summed E-state index contributed by atoms with van der Waals surface area (Å²) in [5.74, 6) is 1.36. The van der Waals surface area contributed by atoms with E-state index in [1.54, 1.807) is 0 Å². The highest BCUT2D eigenvalue weighted by Gasteiger charge is 2.37. The molecule has 0 aromatic heterocycles. The molecule has 130 valence electrons. The van der Waals surface area contributed by atoms with Gasteiger partial charge in [0.25, 0.3) is 0 Å². The molecule has 0 radical (unpaired) electrons. The molecule has 0 saturated carbocycles. The van der Waals surface area contributed by atoms with Gasteiger partial charge >= 0.3 is 0 Å². The number of rotatable bonds is 8. The van der Waals surface area contributed by atoms with Gasteiger partial charge in [0.2, 0.25) is 0 Å². The fourth-order valence-corrected chi connectivity index (χ4v) is 3.62. The molecular weight excluding hydrogens is 284 g/mol. The van der Waals surface area contributed by atoms with Crippen LogP contribution in [0, 0.1) is 11.8 Å². The zero-order valence-corrected chi connectivity index (χ0v) is 17.8. The smallest absolute Gasteiger partial charge is 0.191 e. The summed E-state index contributed by atoms with van der Waals surface area (Å²) in [6.45, 7) is 23.8. The number of hydrogen-bond acceptors (Lipinski definition) is 1. The van der Waals surface area contributed by atoms with Crippen LogP contribution in [0.15, 0.2) is 23.3 Å². The first-order valence-electron chi connectivity index (χ1n) is 8.83. The van der Waals surface area contributed by atoms with Crippen molar-refractivity contribution in [1.82, 2.24) is 0 Å². The first kappa shape index (κ1) is 21.7. The molecule has 0 saturated heterocycles. The fourth-order valence-electron chi connectivity index (χ4n) is 2.49. The van der Waals surface area contributed by atoms with Crippen LogP contribution in [0.5, 0.6) is 0 Å². The van der Waals surface area contributed by atoms with Crippen LogP contribution >= 0.6 is 0 Å². The molecule has 0 aliphatic heterocycles. The summed E-state index contributed by atoms with van der Waals surface area (Å²) < 4.78 is 6.36. The Hall–Kier alpha value is -0.343. The monoisotopic (exact) mass is 324 g/mol. The summed E-state index contributed by atoms with van der Waals surface area (Å²) in [7, 11) is -1.60. The molecule has 0 aliphatic carbocycles. The van der Waals surface area contributed by atoms with Crippen molar-refractivity contribution in [2.45, 2.75) is 86.4 Å². The fraction of sp³-hybridized carbons (Fsp3) is 0.800. The minimum absolute atomic E-state index is 0.307. The first-order chi connectivity index (χ1) is 9.89. The van der Waals surface area contributed by atoms with Gasteiger partial charge < -0.3 is 4.43 Å². The molecule has 2 atom stereocenters. The van der Waals surface area contributed by atoms with Gasteiger partial charge in [0, 0.05) is 6.61 Å². The maximum Gasteiger partial charge on any atom is 0.191 e. The van der Waals surface area contributed by atoms with Gasteiger partial charge in [-0.2, -0.15) is 0 Å². The molecule has 0 unspecified atom stereocenters. The van der Waals surface area contributed by atoms with E-state index in [0.717, 1.165) is 12.5 Å². The largest absolute Gasteiger partial charge is 0.417 e. The molecule has 0 amide bonds. The van der Waals surface area contributed by atoms with E-state index in [4.69, 9.17) is 4.43 Å². The lowest BCUT2D eigenvalue weighted by Gasteiger charge is -2.37. The van der Waals surface area contributed by atoms with Gasteiger partial charge in [0.15, 0.2) is 8.32 Å². The Morgan fingerprint density at radius 3 is 2.09 bits per heavy atom. The van der Waals surface area contributed by atoms with Crippen LogP contribution in [0.3, 0.4) is 0 Å². The Bertz CT molecular complexity index is 385. The third-order valence-corrected chi connectivity index (χ3v) is 9.44. The summed E-state index contributed by atoms with van der Waals surface area (Å²) in [4.78, 5) is 0. The van der Waals surface area contributed by atoms with Crippen LogP contribution in [-0.4, -0.2) is 14.9 Å². The van der Waals surface area contributed by atoms with Crippen molar-refractivity contribution >= 4 is 8.32 Å². The predicted octanol–water partition coefficient (Wildman–Crippen LogP) is 6.97. The second-order valence-corrected chi connectivity index (χ2v) is 13.6. The van der Waals surface area contributed by atoms with Gasteiger partial charge in [-0.05, 0) is 63.6 Å². The molecule has 0 aromatic carbocycles. The first-order valence-corrected chi connectivity index (χ1v) is 11.7. The summed E-state index contributed by atoms with van der Waals surface area (Å²) in [6, 6.07) is 0. The second kappa shape index (κ2) is 9.07. The SMILES string of the molecule is C/C=C(C)/C=C(\C)C[C@H](C)C[C@H](C)CO[Si](C)(C)C(C)(C)C. The van der Waals surface area contributed by atoms with Crippen LogP contribution in [0.2, 0.25) is 18.1 Å². The van der Waals surface area contributed by atoms with E-state index in [9.17, 15) is 0 Å². The van der Waals surface area contributed by atoms with E-state index >= 15 is 0 Å². The standard InChI is InChI=1S/C20H40OSi/c1-11-16(2)12-17(3)13-18(4)14-19(5)15-21-22(9,10)20(6,7)8/h11-12,18-19H,13-15H2,1-10H3/b16-11+,17-12+/t18-,19-/m0/s1. The molecule has 0 bridgehead atoms. The summed E-state index contributed by atoms with van der Waals surface area (Å²) in [5, 5.41) is 0.307. The number of allylic oxidation sites excluding steroid dienone is 4. The van der Waals surface area contributed by atoms with Crippen molar-refractivity contribution in [2.24, 2.45) is 11.8 Å². The molecule has 0 aromatic rings. The van der Waals surface area contributed by atoms with E-state index in [1.165, 1.54) is 24.0 Å². The maximum absolute atomic E-state index is 6.36. The van der Waals surface area contributed by atoms with E-state index in [0.29, 0.717) is 11.0 Å². The van der Waals surface area contributed by atoms with Crippen molar-refractivity contribution in [3.05, 3.63) is 23.3 Å². The van der Waals surface area contributed by atoms with Crippen LogP contribution < -0.4 is 0 Å². The molecule has 0 fully saturated rings. The molecule has 1 nitrogen and oxygen atoms in total. The molecular formula is C20H40OSi. The molecule has 22 heavy (non-hydrogen) atoms. The minimum Gasteiger partial charge on any atom is -0.417 e. The highest BCUT2D eigenvalue weighted by Crippen LogP contribution is 2.37. The predicted molar refractivity (Wildman–Crippen MR) is 104 cm³/mol. The zero-order valence-electron chi connectivity index (χ0n) is 16.8. The minimum atomic E-state index is -1.60. The quantitative estimate of drug-likeness (QED) is 0.346. The molecule has 0 N–H and O–H groups in total.